The average molecular weight is 275 g/mol. The Bertz CT molecular complexity index is 488. The summed E-state index contributed by atoms with van der Waals surface area (Å²) < 4.78 is 1.98. The highest BCUT2D eigenvalue weighted by Crippen LogP contribution is 2.50. The van der Waals surface area contributed by atoms with Crippen LogP contribution in [0.2, 0.25) is 0 Å². The number of rotatable bonds is 4. The molecular weight excluding hydrogens is 250 g/mol. The fourth-order valence-corrected chi connectivity index (χ4v) is 3.09. The predicted molar refractivity (Wildman–Crippen MR) is 77.8 cm³/mol. The highest BCUT2D eigenvalue weighted by molar-refractivity contribution is 5.16. The minimum atomic E-state index is -0.738. The maximum Gasteiger partial charge on any atom is 0.114 e. The van der Waals surface area contributed by atoms with Gasteiger partial charge in [-0.15, -0.1) is 0 Å². The summed E-state index contributed by atoms with van der Waals surface area (Å²) in [5.74, 6) is 0. The van der Waals surface area contributed by atoms with Crippen LogP contribution in [-0.4, -0.2) is 14.7 Å². The van der Waals surface area contributed by atoms with Crippen molar-refractivity contribution in [1.82, 2.24) is 9.55 Å². The summed E-state index contributed by atoms with van der Waals surface area (Å²) in [4.78, 5) is 4.14. The van der Waals surface area contributed by atoms with Gasteiger partial charge in [0, 0.05) is 6.54 Å². The molecule has 0 bridgehead atoms. The fourth-order valence-electron chi connectivity index (χ4n) is 3.09. The molecule has 4 heteroatoms. The van der Waals surface area contributed by atoms with Gasteiger partial charge in [0.25, 0.3) is 0 Å². The Balaban J connectivity index is 2.24. The molecule has 0 spiro atoms. The molecule has 0 amide bonds. The third-order valence-corrected chi connectivity index (χ3v) is 4.73. The number of hydrogen-bond acceptors (Lipinski definition) is 3. The van der Waals surface area contributed by atoms with E-state index in [2.05, 4.69) is 31.8 Å². The van der Waals surface area contributed by atoms with Crippen LogP contribution < -0.4 is 0 Å². The molecule has 0 aliphatic heterocycles. The van der Waals surface area contributed by atoms with Crippen molar-refractivity contribution >= 4 is 0 Å². The molecular formula is C16H25N3O. The van der Waals surface area contributed by atoms with Crippen LogP contribution in [0.1, 0.15) is 64.7 Å². The molecule has 1 aliphatic carbocycles. The van der Waals surface area contributed by atoms with Crippen molar-refractivity contribution in [3.63, 3.8) is 0 Å². The predicted octanol–water partition coefficient (Wildman–Crippen LogP) is 3.44. The number of aliphatic hydroxyl groups is 1. The highest BCUT2D eigenvalue weighted by Gasteiger charge is 2.45. The van der Waals surface area contributed by atoms with Gasteiger partial charge in [0.1, 0.15) is 6.10 Å². The lowest BCUT2D eigenvalue weighted by atomic mass is 9.63. The van der Waals surface area contributed by atoms with Gasteiger partial charge < -0.3 is 9.67 Å². The third kappa shape index (κ3) is 2.73. The van der Waals surface area contributed by atoms with Crippen LogP contribution in [0.4, 0.5) is 0 Å². The van der Waals surface area contributed by atoms with E-state index in [1.807, 2.05) is 4.57 Å². The number of aliphatic hydroxyl groups excluding tert-OH is 1. The Morgan fingerprint density at radius 3 is 2.60 bits per heavy atom. The minimum Gasteiger partial charge on any atom is -0.385 e. The minimum absolute atomic E-state index is 0.281. The Labute approximate surface area is 121 Å². The van der Waals surface area contributed by atoms with Crippen LogP contribution >= 0.6 is 0 Å². The van der Waals surface area contributed by atoms with Crippen molar-refractivity contribution in [2.45, 2.75) is 65.5 Å². The zero-order valence-corrected chi connectivity index (χ0v) is 12.8. The van der Waals surface area contributed by atoms with Crippen LogP contribution in [-0.2, 0) is 6.54 Å². The molecule has 1 aliphatic rings. The summed E-state index contributed by atoms with van der Waals surface area (Å²) in [6.45, 7) is 7.41. The van der Waals surface area contributed by atoms with Crippen molar-refractivity contribution in [3.8, 4) is 6.07 Å². The van der Waals surface area contributed by atoms with Crippen molar-refractivity contribution in [1.29, 1.82) is 5.26 Å². The summed E-state index contributed by atoms with van der Waals surface area (Å²) >= 11 is 0. The van der Waals surface area contributed by atoms with E-state index in [0.29, 0.717) is 0 Å². The topological polar surface area (TPSA) is 61.8 Å². The molecule has 1 saturated carbocycles. The zero-order valence-electron chi connectivity index (χ0n) is 12.8. The van der Waals surface area contributed by atoms with E-state index in [4.69, 9.17) is 0 Å². The van der Waals surface area contributed by atoms with Crippen LogP contribution in [0.5, 0.6) is 0 Å². The Morgan fingerprint density at radius 2 is 2.05 bits per heavy atom. The summed E-state index contributed by atoms with van der Waals surface area (Å²) in [6.07, 6.45) is 7.20. The van der Waals surface area contributed by atoms with Crippen LogP contribution in [0, 0.1) is 22.2 Å². The lowest BCUT2D eigenvalue weighted by Crippen LogP contribution is -2.36. The first kappa shape index (κ1) is 15.1. The van der Waals surface area contributed by atoms with Gasteiger partial charge in [0.05, 0.1) is 29.7 Å². The first-order valence-electron chi connectivity index (χ1n) is 7.53. The van der Waals surface area contributed by atoms with Gasteiger partial charge in [-0.25, -0.2) is 4.98 Å². The van der Waals surface area contributed by atoms with Gasteiger partial charge >= 0.3 is 0 Å². The van der Waals surface area contributed by atoms with Gasteiger partial charge in [-0.3, -0.25) is 0 Å². The molecule has 1 unspecified atom stereocenters. The van der Waals surface area contributed by atoms with E-state index in [-0.39, 0.29) is 5.41 Å². The number of hydrogen-bond donors (Lipinski definition) is 1. The number of nitriles is 1. The van der Waals surface area contributed by atoms with Crippen molar-refractivity contribution < 1.29 is 5.11 Å². The highest BCUT2D eigenvalue weighted by atomic mass is 16.3. The quantitative estimate of drug-likeness (QED) is 0.915. The van der Waals surface area contributed by atoms with Gasteiger partial charge in [0.15, 0.2) is 0 Å². The molecule has 2 rings (SSSR count). The molecule has 1 aromatic rings. The molecule has 4 nitrogen and oxygen atoms in total. The second-order valence-corrected chi connectivity index (χ2v) is 6.85. The molecule has 1 N–H and O–H groups in total. The van der Waals surface area contributed by atoms with Gasteiger partial charge in [-0.1, -0.05) is 20.8 Å². The molecule has 20 heavy (non-hydrogen) atoms. The average Bonchev–Trinajstić information content (AvgIpc) is 2.87. The summed E-state index contributed by atoms with van der Waals surface area (Å²) in [5, 5.41) is 20.4. The molecule has 1 fully saturated rings. The molecule has 1 atom stereocenters. The lowest BCUT2D eigenvalue weighted by molar-refractivity contribution is 0.00485. The molecule has 0 saturated heterocycles. The number of imidazole rings is 1. The second kappa shape index (κ2) is 5.57. The van der Waals surface area contributed by atoms with Crippen molar-refractivity contribution in [3.05, 3.63) is 18.2 Å². The van der Waals surface area contributed by atoms with Crippen LogP contribution in [0.25, 0.3) is 0 Å². The fraction of sp³-hybridized carbons (Fsp3) is 0.750. The van der Waals surface area contributed by atoms with Gasteiger partial charge in [-0.05, 0) is 37.5 Å². The zero-order chi connectivity index (χ0) is 14.8. The number of aromatic nitrogens is 2. The van der Waals surface area contributed by atoms with E-state index < -0.39 is 11.5 Å². The van der Waals surface area contributed by atoms with Crippen molar-refractivity contribution in [2.24, 2.45) is 10.8 Å². The summed E-state index contributed by atoms with van der Waals surface area (Å²) in [5.41, 5.74) is 0.415. The lowest BCUT2D eigenvalue weighted by Gasteiger charge is -2.41. The maximum atomic E-state index is 10.8. The molecule has 1 aromatic heterocycles. The smallest absolute Gasteiger partial charge is 0.114 e. The molecule has 110 valence electrons. The Morgan fingerprint density at radius 1 is 1.40 bits per heavy atom. The van der Waals surface area contributed by atoms with Crippen molar-refractivity contribution in [2.75, 3.05) is 0 Å². The number of nitrogens with zero attached hydrogens (tertiary/aromatic N) is 3. The molecule has 1 heterocycles. The summed E-state index contributed by atoms with van der Waals surface area (Å²) in [7, 11) is 0. The van der Waals surface area contributed by atoms with E-state index in [1.54, 1.807) is 12.5 Å². The van der Waals surface area contributed by atoms with E-state index in [9.17, 15) is 10.4 Å². The first-order chi connectivity index (χ1) is 9.44. The summed E-state index contributed by atoms with van der Waals surface area (Å²) in [6, 6.07) is 2.42. The Hall–Kier alpha value is -1.34. The second-order valence-electron chi connectivity index (χ2n) is 6.85. The van der Waals surface area contributed by atoms with Crippen LogP contribution in [0.15, 0.2) is 12.5 Å². The van der Waals surface area contributed by atoms with E-state index in [1.165, 1.54) is 0 Å². The monoisotopic (exact) mass is 275 g/mol. The van der Waals surface area contributed by atoms with Crippen LogP contribution in [0.3, 0.4) is 0 Å². The Kier molecular flexibility index (Phi) is 4.19. The van der Waals surface area contributed by atoms with E-state index in [0.717, 1.165) is 44.3 Å². The maximum absolute atomic E-state index is 10.8. The van der Waals surface area contributed by atoms with Gasteiger partial charge in [0.2, 0.25) is 0 Å². The number of aryl methyl sites for hydroxylation is 1. The molecule has 0 aromatic carbocycles. The largest absolute Gasteiger partial charge is 0.385 e. The SMILES string of the molecule is CCCn1cncc1C(O)C1(C#N)CCC(C)(C)CC1. The molecule has 0 radical (unpaired) electrons. The first-order valence-corrected chi connectivity index (χ1v) is 7.53. The third-order valence-electron chi connectivity index (χ3n) is 4.73. The standard InChI is InChI=1S/C16H25N3O/c1-4-9-19-12-18-10-13(19)14(20)16(11-17)7-5-15(2,3)6-8-16/h10,12,14,20H,4-9H2,1-3H3. The normalized spacial score (nSPS) is 22.1. The van der Waals surface area contributed by atoms with E-state index >= 15 is 0 Å². The van der Waals surface area contributed by atoms with Gasteiger partial charge in [-0.2, -0.15) is 5.26 Å².